The van der Waals surface area contributed by atoms with Crippen LogP contribution >= 0.6 is 11.6 Å². The molecule has 33 heavy (non-hydrogen) atoms. The molecule has 3 rings (SSSR count). The highest BCUT2D eigenvalue weighted by Crippen LogP contribution is 2.26. The zero-order valence-corrected chi connectivity index (χ0v) is 19.7. The zero-order valence-electron chi connectivity index (χ0n) is 19.0. The maximum Gasteiger partial charge on any atom is 0.259 e. The average molecular weight is 479 g/mol. The van der Waals surface area contributed by atoms with Gasteiger partial charge in [0, 0.05) is 27.2 Å². The van der Waals surface area contributed by atoms with E-state index >= 15 is 0 Å². The largest absolute Gasteiger partial charge is 0.494 e. The highest BCUT2D eigenvalue weighted by Gasteiger charge is 2.27. The smallest absolute Gasteiger partial charge is 0.259 e. The summed E-state index contributed by atoms with van der Waals surface area (Å²) >= 11 is 6.20. The average Bonchev–Trinajstić information content (AvgIpc) is 2.78. The van der Waals surface area contributed by atoms with Crippen LogP contribution in [0.15, 0.2) is 36.4 Å². The van der Waals surface area contributed by atoms with Gasteiger partial charge in [-0.2, -0.15) is 0 Å². The second-order valence-electron chi connectivity index (χ2n) is 8.52. The molecule has 0 N–H and O–H groups in total. The Bertz CT molecular complexity index is 971. The Balaban J connectivity index is 1.37. The third kappa shape index (κ3) is 6.44. The minimum absolute atomic E-state index is 0.154. The van der Waals surface area contributed by atoms with Gasteiger partial charge in [-0.05, 0) is 61.9 Å². The van der Waals surface area contributed by atoms with Gasteiger partial charge in [-0.3, -0.25) is 9.59 Å². The number of hydrogen-bond acceptors (Lipinski definition) is 3. The Hall–Kier alpha value is -2.67. The van der Waals surface area contributed by atoms with E-state index in [-0.39, 0.29) is 5.91 Å². The Morgan fingerprint density at radius 1 is 1.09 bits per heavy atom. The summed E-state index contributed by atoms with van der Waals surface area (Å²) in [6.07, 6.45) is 4.50. The molecule has 0 unspecified atom stereocenters. The molecule has 2 amide bonds. The first-order valence-corrected chi connectivity index (χ1v) is 11.5. The lowest BCUT2D eigenvalue weighted by atomic mass is 9.91. The SMILES string of the molecule is CN(C)C(=O)c1ccc(OCCCCC2CCN(C(=O)c3c(F)cccc3F)CC2)cc1Cl. The van der Waals surface area contributed by atoms with Crippen LogP contribution in [0.5, 0.6) is 5.75 Å². The number of likely N-dealkylation sites (tertiary alicyclic amines) is 1. The topological polar surface area (TPSA) is 49.9 Å². The van der Waals surface area contributed by atoms with Crippen LogP contribution in [-0.4, -0.2) is 55.4 Å². The summed E-state index contributed by atoms with van der Waals surface area (Å²) < 4.78 is 33.5. The molecular formula is C25H29ClF2N2O3. The van der Waals surface area contributed by atoms with E-state index in [0.29, 0.717) is 41.9 Å². The number of nitrogens with zero attached hydrogens (tertiary/aromatic N) is 2. The van der Waals surface area contributed by atoms with Crippen LogP contribution in [0.3, 0.4) is 0 Å². The fourth-order valence-electron chi connectivity index (χ4n) is 4.01. The number of benzene rings is 2. The van der Waals surface area contributed by atoms with Crippen molar-refractivity contribution in [1.29, 1.82) is 0 Å². The lowest BCUT2D eigenvalue weighted by Gasteiger charge is -2.32. The minimum Gasteiger partial charge on any atom is -0.494 e. The fraction of sp³-hybridized carbons (Fsp3) is 0.440. The number of carbonyl (C=O) groups excluding carboxylic acids is 2. The Kier molecular flexibility index (Phi) is 8.67. The van der Waals surface area contributed by atoms with Crippen molar-refractivity contribution >= 4 is 23.4 Å². The molecule has 0 atom stereocenters. The minimum atomic E-state index is -0.817. The highest BCUT2D eigenvalue weighted by atomic mass is 35.5. The van der Waals surface area contributed by atoms with Crippen molar-refractivity contribution in [3.63, 3.8) is 0 Å². The second-order valence-corrected chi connectivity index (χ2v) is 8.92. The molecule has 0 aliphatic carbocycles. The summed E-state index contributed by atoms with van der Waals surface area (Å²) in [7, 11) is 3.35. The van der Waals surface area contributed by atoms with Crippen molar-refractivity contribution in [1.82, 2.24) is 9.80 Å². The summed E-state index contributed by atoms with van der Waals surface area (Å²) in [6, 6.07) is 8.54. The molecule has 1 aliphatic rings. The summed E-state index contributed by atoms with van der Waals surface area (Å²) in [6.45, 7) is 1.55. The van der Waals surface area contributed by atoms with Crippen LogP contribution in [0.25, 0.3) is 0 Å². The van der Waals surface area contributed by atoms with Crippen molar-refractivity contribution in [3.05, 3.63) is 64.2 Å². The molecule has 1 fully saturated rings. The van der Waals surface area contributed by atoms with Gasteiger partial charge >= 0.3 is 0 Å². The highest BCUT2D eigenvalue weighted by molar-refractivity contribution is 6.34. The quantitative estimate of drug-likeness (QED) is 0.476. The number of carbonyl (C=O) groups is 2. The van der Waals surface area contributed by atoms with Gasteiger partial charge in [0.2, 0.25) is 0 Å². The Morgan fingerprint density at radius 3 is 2.36 bits per heavy atom. The van der Waals surface area contributed by atoms with E-state index in [1.165, 1.54) is 15.9 Å². The van der Waals surface area contributed by atoms with Crippen molar-refractivity contribution in [2.45, 2.75) is 32.1 Å². The predicted octanol–water partition coefficient (Wildman–Crippen LogP) is 5.42. The number of halogens is 3. The molecule has 8 heteroatoms. The maximum absolute atomic E-state index is 13.9. The van der Waals surface area contributed by atoms with Gasteiger partial charge in [-0.25, -0.2) is 8.78 Å². The molecule has 2 aromatic carbocycles. The summed E-state index contributed by atoms with van der Waals surface area (Å²) in [5.74, 6) is -1.26. The van der Waals surface area contributed by atoms with Gasteiger partial charge in [0.15, 0.2) is 0 Å². The molecule has 178 valence electrons. The molecule has 0 saturated carbocycles. The van der Waals surface area contributed by atoms with E-state index in [9.17, 15) is 18.4 Å². The van der Waals surface area contributed by atoms with E-state index in [0.717, 1.165) is 44.2 Å². The molecular weight excluding hydrogens is 450 g/mol. The number of ether oxygens (including phenoxy) is 1. The van der Waals surface area contributed by atoms with Crippen LogP contribution in [0.1, 0.15) is 52.8 Å². The first-order chi connectivity index (χ1) is 15.8. The van der Waals surface area contributed by atoms with Gasteiger partial charge in [0.05, 0.1) is 17.2 Å². The van der Waals surface area contributed by atoms with E-state index in [2.05, 4.69) is 0 Å². The summed E-state index contributed by atoms with van der Waals surface area (Å²) in [5, 5.41) is 0.364. The molecule has 5 nitrogen and oxygen atoms in total. The van der Waals surface area contributed by atoms with Crippen LogP contribution in [0.4, 0.5) is 8.78 Å². The monoisotopic (exact) mass is 478 g/mol. The number of rotatable bonds is 8. The lowest BCUT2D eigenvalue weighted by molar-refractivity contribution is 0.0675. The van der Waals surface area contributed by atoms with Gasteiger partial charge in [-0.15, -0.1) is 0 Å². The zero-order chi connectivity index (χ0) is 24.0. The number of hydrogen-bond donors (Lipinski definition) is 0. The molecule has 0 radical (unpaired) electrons. The van der Waals surface area contributed by atoms with Crippen LogP contribution < -0.4 is 4.74 Å². The molecule has 1 aliphatic heterocycles. The van der Waals surface area contributed by atoms with Crippen LogP contribution in [-0.2, 0) is 0 Å². The first-order valence-electron chi connectivity index (χ1n) is 11.1. The second kappa shape index (κ2) is 11.5. The van der Waals surface area contributed by atoms with Gasteiger partial charge in [0.1, 0.15) is 22.9 Å². The maximum atomic E-state index is 13.9. The fourth-order valence-corrected chi connectivity index (χ4v) is 4.26. The molecule has 0 aromatic heterocycles. The van der Waals surface area contributed by atoms with Crippen molar-refractivity contribution in [2.24, 2.45) is 5.92 Å². The van der Waals surface area contributed by atoms with E-state index < -0.39 is 23.1 Å². The van der Waals surface area contributed by atoms with Gasteiger partial charge in [0.25, 0.3) is 11.8 Å². The number of unbranched alkanes of at least 4 members (excludes halogenated alkanes) is 1. The first kappa shape index (κ1) is 25.0. The van der Waals surface area contributed by atoms with Crippen molar-refractivity contribution in [2.75, 3.05) is 33.8 Å². The van der Waals surface area contributed by atoms with E-state index in [1.54, 1.807) is 32.3 Å². The molecule has 0 bridgehead atoms. The summed E-state index contributed by atoms with van der Waals surface area (Å²) in [5.41, 5.74) is -0.0242. The van der Waals surface area contributed by atoms with Crippen molar-refractivity contribution < 1.29 is 23.1 Å². The van der Waals surface area contributed by atoms with Gasteiger partial charge < -0.3 is 14.5 Å². The van der Waals surface area contributed by atoms with Gasteiger partial charge in [-0.1, -0.05) is 24.1 Å². The molecule has 2 aromatic rings. The third-order valence-corrected chi connectivity index (χ3v) is 6.24. The number of piperidine rings is 1. The number of amides is 2. The van der Waals surface area contributed by atoms with Crippen molar-refractivity contribution in [3.8, 4) is 5.75 Å². The predicted molar refractivity (Wildman–Crippen MR) is 124 cm³/mol. The molecule has 1 saturated heterocycles. The lowest BCUT2D eigenvalue weighted by Crippen LogP contribution is -2.39. The Labute approximate surface area is 198 Å². The van der Waals surface area contributed by atoms with E-state index in [1.807, 2.05) is 0 Å². The third-order valence-electron chi connectivity index (χ3n) is 5.93. The van der Waals surface area contributed by atoms with Crippen LogP contribution in [0, 0.1) is 17.6 Å². The summed E-state index contributed by atoms with van der Waals surface area (Å²) in [4.78, 5) is 27.5. The standard InChI is InChI=1S/C25H29ClF2N2O3/c1-29(2)24(31)19-10-9-18(16-20(19)26)33-15-4-3-6-17-11-13-30(14-12-17)25(32)23-21(27)7-5-8-22(23)28/h5,7-10,16-17H,3-4,6,11-15H2,1-2H3. The Morgan fingerprint density at radius 2 is 1.76 bits per heavy atom. The van der Waals surface area contributed by atoms with Crippen LogP contribution in [0.2, 0.25) is 5.02 Å². The normalized spacial score (nSPS) is 14.3. The molecule has 1 heterocycles. The van der Waals surface area contributed by atoms with E-state index in [4.69, 9.17) is 16.3 Å². The molecule has 0 spiro atoms.